The van der Waals surface area contributed by atoms with E-state index >= 15 is 0 Å². The molecule has 0 aromatic carbocycles. The Morgan fingerprint density at radius 3 is 2.44 bits per heavy atom. The third-order valence-corrected chi connectivity index (χ3v) is 2.55. The van der Waals surface area contributed by atoms with E-state index in [2.05, 4.69) is 20.6 Å². The number of hydrogen-bond donors (Lipinski definition) is 3. The Labute approximate surface area is 108 Å². The lowest BCUT2D eigenvalue weighted by Gasteiger charge is -2.15. The van der Waals surface area contributed by atoms with Crippen molar-refractivity contribution in [2.75, 3.05) is 36.6 Å². The second-order valence-electron chi connectivity index (χ2n) is 3.52. The number of nitrogens with zero attached hydrogens (tertiary/aromatic N) is 2. The van der Waals surface area contributed by atoms with Gasteiger partial charge in [-0.1, -0.05) is 11.8 Å². The second kappa shape index (κ2) is 6.69. The summed E-state index contributed by atoms with van der Waals surface area (Å²) in [5.74, 6) is -2.28. The van der Waals surface area contributed by atoms with Crippen molar-refractivity contribution in [3.63, 3.8) is 0 Å². The molecule has 0 aliphatic rings. The fourth-order valence-corrected chi connectivity index (χ4v) is 1.53. The van der Waals surface area contributed by atoms with Crippen LogP contribution in [0.4, 0.5) is 20.4 Å². The molecule has 0 bridgehead atoms. The van der Waals surface area contributed by atoms with E-state index < -0.39 is 19.1 Å². The highest BCUT2D eigenvalue weighted by Gasteiger charge is 2.27. The van der Waals surface area contributed by atoms with Crippen LogP contribution in [-0.2, 0) is 0 Å². The van der Waals surface area contributed by atoms with Crippen LogP contribution in [0.2, 0.25) is 0 Å². The van der Waals surface area contributed by atoms with Crippen molar-refractivity contribution in [2.24, 2.45) is 0 Å². The molecule has 0 atom stereocenters. The van der Waals surface area contributed by atoms with Crippen molar-refractivity contribution in [3.05, 3.63) is 6.07 Å². The predicted octanol–water partition coefficient (Wildman–Crippen LogP) is 1.67. The lowest BCUT2D eigenvalue weighted by molar-refractivity contribution is -0.0373. The van der Waals surface area contributed by atoms with Gasteiger partial charge in [-0.05, 0) is 13.2 Å². The number of alkyl halides is 2. The van der Waals surface area contributed by atoms with Gasteiger partial charge in [0.1, 0.15) is 18.2 Å². The third-order valence-electron chi connectivity index (χ3n) is 2.01. The van der Waals surface area contributed by atoms with Crippen LogP contribution in [0.25, 0.3) is 0 Å². The van der Waals surface area contributed by atoms with Gasteiger partial charge >= 0.3 is 0 Å². The van der Waals surface area contributed by atoms with Crippen LogP contribution < -0.4 is 10.6 Å². The number of aromatic nitrogens is 2. The number of halogens is 2. The zero-order valence-corrected chi connectivity index (χ0v) is 11.0. The first-order valence-corrected chi connectivity index (χ1v) is 6.62. The molecule has 0 saturated heterocycles. The molecule has 1 rings (SSSR count). The van der Waals surface area contributed by atoms with Gasteiger partial charge in [0, 0.05) is 12.6 Å². The Hall–Kier alpha value is -1.15. The molecule has 0 spiro atoms. The zero-order valence-electron chi connectivity index (χ0n) is 10.2. The van der Waals surface area contributed by atoms with Crippen molar-refractivity contribution in [1.82, 2.24) is 9.97 Å². The summed E-state index contributed by atoms with van der Waals surface area (Å²) in [6.07, 6.45) is 1.80. The molecular weight excluding hydrogens is 262 g/mol. The van der Waals surface area contributed by atoms with Crippen LogP contribution in [0, 0.1) is 0 Å². The van der Waals surface area contributed by atoms with Gasteiger partial charge < -0.3 is 15.7 Å². The summed E-state index contributed by atoms with van der Waals surface area (Å²) in [6, 6.07) is 1.55. The van der Waals surface area contributed by atoms with Crippen LogP contribution in [0.15, 0.2) is 11.2 Å². The van der Waals surface area contributed by atoms with Gasteiger partial charge in [0.15, 0.2) is 5.16 Å². The number of aliphatic hydroxyl groups excluding tert-OH is 1. The van der Waals surface area contributed by atoms with Gasteiger partial charge in [0.25, 0.3) is 5.92 Å². The minimum atomic E-state index is -3.16. The van der Waals surface area contributed by atoms with Crippen LogP contribution in [0.3, 0.4) is 0 Å². The SMILES string of the molecule is CCNc1cc(NCC(F)(F)CO)nc(SC)n1. The molecule has 0 aliphatic heterocycles. The molecule has 1 heterocycles. The molecule has 0 saturated carbocycles. The Kier molecular flexibility index (Phi) is 5.54. The van der Waals surface area contributed by atoms with Crippen molar-refractivity contribution in [1.29, 1.82) is 0 Å². The van der Waals surface area contributed by atoms with E-state index in [1.807, 2.05) is 6.92 Å². The second-order valence-corrected chi connectivity index (χ2v) is 4.30. The van der Waals surface area contributed by atoms with E-state index in [1.54, 1.807) is 12.3 Å². The number of aliphatic hydroxyl groups is 1. The summed E-state index contributed by atoms with van der Waals surface area (Å²) in [5.41, 5.74) is 0. The van der Waals surface area contributed by atoms with Crippen LogP contribution in [0.5, 0.6) is 0 Å². The van der Waals surface area contributed by atoms with E-state index in [4.69, 9.17) is 5.11 Å². The molecule has 1 aromatic heterocycles. The minimum absolute atomic E-state index is 0.304. The molecule has 3 N–H and O–H groups in total. The predicted molar refractivity (Wildman–Crippen MR) is 68.5 cm³/mol. The highest BCUT2D eigenvalue weighted by Crippen LogP contribution is 2.19. The van der Waals surface area contributed by atoms with Crippen molar-refractivity contribution >= 4 is 23.4 Å². The van der Waals surface area contributed by atoms with Gasteiger partial charge in [-0.2, -0.15) is 0 Å². The Morgan fingerprint density at radius 2 is 1.94 bits per heavy atom. The molecule has 0 aliphatic carbocycles. The molecule has 1 aromatic rings. The number of rotatable bonds is 7. The summed E-state index contributed by atoms with van der Waals surface area (Å²) in [5, 5.41) is 14.4. The van der Waals surface area contributed by atoms with Gasteiger partial charge in [-0.15, -0.1) is 0 Å². The lowest BCUT2D eigenvalue weighted by Crippen LogP contribution is -2.31. The van der Waals surface area contributed by atoms with Crippen molar-refractivity contribution in [3.8, 4) is 0 Å². The van der Waals surface area contributed by atoms with E-state index in [-0.39, 0.29) is 0 Å². The van der Waals surface area contributed by atoms with E-state index in [1.165, 1.54) is 11.8 Å². The Morgan fingerprint density at radius 1 is 1.33 bits per heavy atom. The average molecular weight is 278 g/mol. The molecule has 102 valence electrons. The quantitative estimate of drug-likeness (QED) is 0.520. The van der Waals surface area contributed by atoms with Crippen molar-refractivity contribution in [2.45, 2.75) is 18.0 Å². The van der Waals surface area contributed by atoms with Crippen LogP contribution in [0.1, 0.15) is 6.92 Å². The Balaban J connectivity index is 2.78. The summed E-state index contributed by atoms with van der Waals surface area (Å²) < 4.78 is 25.8. The summed E-state index contributed by atoms with van der Waals surface area (Å²) >= 11 is 1.32. The summed E-state index contributed by atoms with van der Waals surface area (Å²) in [7, 11) is 0. The number of nitrogens with one attached hydrogen (secondary N) is 2. The first-order chi connectivity index (χ1) is 8.50. The highest BCUT2D eigenvalue weighted by atomic mass is 32.2. The molecule has 0 amide bonds. The summed E-state index contributed by atoms with van der Waals surface area (Å²) in [6.45, 7) is 0.728. The maximum atomic E-state index is 12.9. The number of hydrogen-bond acceptors (Lipinski definition) is 6. The minimum Gasteiger partial charge on any atom is -0.390 e. The zero-order chi connectivity index (χ0) is 13.6. The molecule has 0 radical (unpaired) electrons. The first kappa shape index (κ1) is 14.9. The molecular formula is C10H16F2N4OS. The number of anilines is 2. The van der Waals surface area contributed by atoms with E-state index in [9.17, 15) is 8.78 Å². The van der Waals surface area contributed by atoms with Crippen LogP contribution >= 0.6 is 11.8 Å². The first-order valence-electron chi connectivity index (χ1n) is 5.40. The molecule has 8 heteroatoms. The van der Waals surface area contributed by atoms with Gasteiger partial charge in [0.05, 0.1) is 6.54 Å². The largest absolute Gasteiger partial charge is 0.390 e. The standard InChI is InChI=1S/C10H16F2N4OS/c1-3-13-7-4-8(16-9(15-7)18-2)14-5-10(11,12)6-17/h4,17H,3,5-6H2,1-2H3,(H2,13,14,15,16). The fraction of sp³-hybridized carbons (Fsp3) is 0.600. The van der Waals surface area contributed by atoms with Gasteiger partial charge in [-0.3, -0.25) is 0 Å². The van der Waals surface area contributed by atoms with Gasteiger partial charge in [0.2, 0.25) is 0 Å². The van der Waals surface area contributed by atoms with E-state index in [0.717, 1.165) is 0 Å². The average Bonchev–Trinajstić information content (AvgIpc) is 2.37. The molecule has 0 unspecified atom stereocenters. The third kappa shape index (κ3) is 4.61. The maximum absolute atomic E-state index is 12.9. The molecule has 5 nitrogen and oxygen atoms in total. The van der Waals surface area contributed by atoms with Crippen molar-refractivity contribution < 1.29 is 13.9 Å². The monoisotopic (exact) mass is 278 g/mol. The summed E-state index contributed by atoms with van der Waals surface area (Å²) in [4.78, 5) is 8.23. The maximum Gasteiger partial charge on any atom is 0.287 e. The smallest absolute Gasteiger partial charge is 0.287 e. The topological polar surface area (TPSA) is 70.1 Å². The lowest BCUT2D eigenvalue weighted by atomic mass is 10.3. The normalized spacial score (nSPS) is 11.4. The molecule has 0 fully saturated rings. The van der Waals surface area contributed by atoms with Crippen LogP contribution in [-0.4, -0.2) is 46.9 Å². The number of thioether (sulfide) groups is 1. The van der Waals surface area contributed by atoms with E-state index in [0.29, 0.717) is 23.3 Å². The van der Waals surface area contributed by atoms with Gasteiger partial charge in [-0.25, -0.2) is 18.7 Å². The Bertz CT molecular complexity index is 392. The highest BCUT2D eigenvalue weighted by molar-refractivity contribution is 7.98. The molecule has 18 heavy (non-hydrogen) atoms. The fourth-order valence-electron chi connectivity index (χ4n) is 1.15.